The SMILES string of the molecule is CO[C@@H]1[C@@H](O)C[C@@H](O)O[C@@H]1C. The first-order valence-corrected chi connectivity index (χ1v) is 3.69. The molecule has 1 saturated heterocycles. The van der Waals surface area contributed by atoms with Gasteiger partial charge in [-0.15, -0.1) is 0 Å². The van der Waals surface area contributed by atoms with E-state index in [1.165, 1.54) is 7.11 Å². The van der Waals surface area contributed by atoms with Crippen LogP contribution in [0, 0.1) is 0 Å². The fourth-order valence-electron chi connectivity index (χ4n) is 1.38. The average molecular weight is 162 g/mol. The van der Waals surface area contributed by atoms with Crippen molar-refractivity contribution in [3.8, 4) is 0 Å². The molecule has 0 aliphatic carbocycles. The Morgan fingerprint density at radius 3 is 2.55 bits per heavy atom. The van der Waals surface area contributed by atoms with Crippen molar-refractivity contribution in [2.75, 3.05) is 7.11 Å². The first kappa shape index (κ1) is 8.93. The van der Waals surface area contributed by atoms with Gasteiger partial charge in [0.2, 0.25) is 0 Å². The van der Waals surface area contributed by atoms with Crippen molar-refractivity contribution in [2.24, 2.45) is 0 Å². The van der Waals surface area contributed by atoms with Crippen LogP contribution in [0.2, 0.25) is 0 Å². The number of methoxy groups -OCH3 is 1. The number of hydrogen-bond acceptors (Lipinski definition) is 4. The highest BCUT2D eigenvalue weighted by atomic mass is 16.6. The maximum Gasteiger partial charge on any atom is 0.157 e. The summed E-state index contributed by atoms with van der Waals surface area (Å²) in [4.78, 5) is 0. The molecule has 1 rings (SSSR count). The first-order chi connectivity index (χ1) is 5.15. The van der Waals surface area contributed by atoms with Crippen LogP contribution in [0.25, 0.3) is 0 Å². The van der Waals surface area contributed by atoms with Gasteiger partial charge >= 0.3 is 0 Å². The highest BCUT2D eigenvalue weighted by molar-refractivity contribution is 4.80. The van der Waals surface area contributed by atoms with Crippen LogP contribution in [0.15, 0.2) is 0 Å². The van der Waals surface area contributed by atoms with Crippen molar-refractivity contribution in [3.05, 3.63) is 0 Å². The normalized spacial score (nSPS) is 45.8. The van der Waals surface area contributed by atoms with Crippen molar-refractivity contribution in [1.29, 1.82) is 0 Å². The van der Waals surface area contributed by atoms with Gasteiger partial charge in [0.05, 0.1) is 12.2 Å². The molecule has 2 N–H and O–H groups in total. The predicted molar refractivity (Wildman–Crippen MR) is 38.0 cm³/mol. The molecule has 0 saturated carbocycles. The van der Waals surface area contributed by atoms with Gasteiger partial charge in [-0.25, -0.2) is 0 Å². The molecule has 0 aromatic carbocycles. The molecule has 66 valence electrons. The quantitative estimate of drug-likeness (QED) is 0.545. The smallest absolute Gasteiger partial charge is 0.157 e. The number of aliphatic hydroxyl groups is 2. The molecule has 0 unspecified atom stereocenters. The van der Waals surface area contributed by atoms with Crippen LogP contribution in [0.5, 0.6) is 0 Å². The number of hydrogen-bond donors (Lipinski definition) is 2. The van der Waals surface area contributed by atoms with E-state index in [1.54, 1.807) is 6.92 Å². The highest BCUT2D eigenvalue weighted by Crippen LogP contribution is 2.20. The summed E-state index contributed by atoms with van der Waals surface area (Å²) in [5, 5.41) is 18.4. The third kappa shape index (κ3) is 1.90. The van der Waals surface area contributed by atoms with E-state index in [-0.39, 0.29) is 18.6 Å². The molecule has 0 aromatic heterocycles. The minimum Gasteiger partial charge on any atom is -0.390 e. The molecule has 0 amide bonds. The third-order valence-electron chi connectivity index (χ3n) is 1.93. The minimum atomic E-state index is -0.855. The van der Waals surface area contributed by atoms with E-state index in [9.17, 15) is 5.11 Å². The van der Waals surface area contributed by atoms with E-state index in [1.807, 2.05) is 0 Å². The summed E-state index contributed by atoms with van der Waals surface area (Å²) in [7, 11) is 1.52. The van der Waals surface area contributed by atoms with Crippen LogP contribution < -0.4 is 0 Å². The predicted octanol–water partition coefficient (Wildman–Crippen LogP) is -0.510. The first-order valence-electron chi connectivity index (χ1n) is 3.69. The lowest BCUT2D eigenvalue weighted by Crippen LogP contribution is -2.47. The van der Waals surface area contributed by atoms with E-state index in [2.05, 4.69) is 0 Å². The van der Waals surface area contributed by atoms with E-state index >= 15 is 0 Å². The fourth-order valence-corrected chi connectivity index (χ4v) is 1.38. The van der Waals surface area contributed by atoms with Crippen LogP contribution >= 0.6 is 0 Å². The number of rotatable bonds is 1. The van der Waals surface area contributed by atoms with Crippen LogP contribution in [-0.2, 0) is 9.47 Å². The van der Waals surface area contributed by atoms with Crippen LogP contribution in [0.1, 0.15) is 13.3 Å². The van der Waals surface area contributed by atoms with Gasteiger partial charge in [0.15, 0.2) is 6.29 Å². The topological polar surface area (TPSA) is 58.9 Å². The van der Waals surface area contributed by atoms with Crippen molar-refractivity contribution in [2.45, 2.75) is 37.9 Å². The van der Waals surface area contributed by atoms with Crippen molar-refractivity contribution < 1.29 is 19.7 Å². The molecule has 1 aliphatic heterocycles. The molecular weight excluding hydrogens is 148 g/mol. The standard InChI is InChI=1S/C7H14O4/c1-4-7(10-2)5(8)3-6(9)11-4/h4-9H,3H2,1-2H3/t4-,5+,6+,7+/m1/s1. The Morgan fingerprint density at radius 1 is 1.45 bits per heavy atom. The lowest BCUT2D eigenvalue weighted by molar-refractivity contribution is -0.232. The second kappa shape index (κ2) is 3.49. The highest BCUT2D eigenvalue weighted by Gasteiger charge is 2.34. The van der Waals surface area contributed by atoms with E-state index < -0.39 is 12.4 Å². The Labute approximate surface area is 65.7 Å². The summed E-state index contributed by atoms with van der Waals surface area (Å²) < 4.78 is 10.0. The van der Waals surface area contributed by atoms with Gasteiger partial charge in [-0.05, 0) is 6.92 Å². The molecule has 4 heteroatoms. The van der Waals surface area contributed by atoms with Gasteiger partial charge < -0.3 is 19.7 Å². The Bertz CT molecular complexity index is 116. The van der Waals surface area contributed by atoms with Gasteiger partial charge in [0, 0.05) is 13.5 Å². The zero-order valence-corrected chi connectivity index (χ0v) is 6.73. The lowest BCUT2D eigenvalue weighted by atomic mass is 10.0. The van der Waals surface area contributed by atoms with Gasteiger partial charge in [-0.2, -0.15) is 0 Å². The lowest BCUT2D eigenvalue weighted by Gasteiger charge is -2.34. The molecule has 1 fully saturated rings. The van der Waals surface area contributed by atoms with E-state index in [0.717, 1.165) is 0 Å². The molecule has 0 aromatic rings. The zero-order chi connectivity index (χ0) is 8.43. The summed E-state index contributed by atoms with van der Waals surface area (Å²) >= 11 is 0. The van der Waals surface area contributed by atoms with Crippen molar-refractivity contribution in [1.82, 2.24) is 0 Å². The molecule has 1 heterocycles. The molecule has 11 heavy (non-hydrogen) atoms. The van der Waals surface area contributed by atoms with Crippen LogP contribution in [-0.4, -0.2) is 41.9 Å². The molecule has 0 spiro atoms. The van der Waals surface area contributed by atoms with E-state index in [4.69, 9.17) is 14.6 Å². The maximum atomic E-state index is 9.34. The van der Waals surface area contributed by atoms with Gasteiger partial charge in [-0.3, -0.25) is 0 Å². The van der Waals surface area contributed by atoms with Crippen molar-refractivity contribution in [3.63, 3.8) is 0 Å². The molecule has 0 radical (unpaired) electrons. The monoisotopic (exact) mass is 162 g/mol. The van der Waals surface area contributed by atoms with Gasteiger partial charge in [-0.1, -0.05) is 0 Å². The minimum absolute atomic E-state index is 0.225. The Hall–Kier alpha value is -0.160. The summed E-state index contributed by atoms with van der Waals surface area (Å²) in [5.74, 6) is 0. The summed E-state index contributed by atoms with van der Waals surface area (Å²) in [6.07, 6.45) is -1.83. The summed E-state index contributed by atoms with van der Waals surface area (Å²) in [6, 6.07) is 0. The second-order valence-electron chi connectivity index (χ2n) is 2.80. The average Bonchev–Trinajstić information content (AvgIpc) is 1.85. The van der Waals surface area contributed by atoms with Gasteiger partial charge in [0.25, 0.3) is 0 Å². The van der Waals surface area contributed by atoms with E-state index in [0.29, 0.717) is 0 Å². The second-order valence-corrected chi connectivity index (χ2v) is 2.80. The van der Waals surface area contributed by atoms with Crippen LogP contribution in [0.3, 0.4) is 0 Å². The summed E-state index contributed by atoms with van der Waals surface area (Å²) in [6.45, 7) is 1.76. The molecular formula is C7H14O4. The maximum absolute atomic E-state index is 9.34. The molecule has 0 bridgehead atoms. The Morgan fingerprint density at radius 2 is 2.09 bits per heavy atom. The Kier molecular flexibility index (Phi) is 2.84. The number of aliphatic hydroxyl groups excluding tert-OH is 2. The largest absolute Gasteiger partial charge is 0.390 e. The molecule has 1 aliphatic rings. The third-order valence-corrected chi connectivity index (χ3v) is 1.93. The fraction of sp³-hybridized carbons (Fsp3) is 1.00. The summed E-state index contributed by atoms with van der Waals surface area (Å²) in [5.41, 5.74) is 0. The van der Waals surface area contributed by atoms with Crippen LogP contribution in [0.4, 0.5) is 0 Å². The molecule has 4 atom stereocenters. The number of ether oxygens (including phenoxy) is 2. The zero-order valence-electron chi connectivity index (χ0n) is 6.73. The Balaban J connectivity index is 2.52. The van der Waals surface area contributed by atoms with Gasteiger partial charge in [0.1, 0.15) is 6.10 Å². The van der Waals surface area contributed by atoms with Crippen molar-refractivity contribution >= 4 is 0 Å². The molecule has 4 nitrogen and oxygen atoms in total.